The predicted molar refractivity (Wildman–Crippen MR) is 72.3 cm³/mol. The normalized spacial score (nSPS) is 20.4. The van der Waals surface area contributed by atoms with Crippen molar-refractivity contribution in [1.82, 2.24) is 10.2 Å². The molecule has 0 bridgehead atoms. The van der Waals surface area contributed by atoms with Crippen molar-refractivity contribution in [3.63, 3.8) is 0 Å². The molecule has 1 atom stereocenters. The van der Waals surface area contributed by atoms with E-state index in [-0.39, 0.29) is 12.1 Å². The number of carbonyl (C=O) groups is 1. The third-order valence-corrected chi connectivity index (χ3v) is 2.66. The van der Waals surface area contributed by atoms with Gasteiger partial charge in [0.25, 0.3) is 0 Å². The fourth-order valence-corrected chi connectivity index (χ4v) is 1.80. The van der Waals surface area contributed by atoms with Gasteiger partial charge in [0, 0.05) is 32.8 Å². The maximum atomic E-state index is 12.0. The number of piperazine rings is 1. The van der Waals surface area contributed by atoms with Crippen molar-refractivity contribution < 1.29 is 19.0 Å². The predicted octanol–water partition coefficient (Wildman–Crippen LogP) is 0.858. The SMILES string of the molecule is COCCOCC1CN(C(=O)OC(C)(C)C)CCN1. The van der Waals surface area contributed by atoms with Crippen molar-refractivity contribution in [2.75, 3.05) is 46.6 Å². The third kappa shape index (κ3) is 6.75. The highest BCUT2D eigenvalue weighted by molar-refractivity contribution is 5.68. The van der Waals surface area contributed by atoms with Crippen LogP contribution in [-0.4, -0.2) is 69.2 Å². The molecule has 1 heterocycles. The summed E-state index contributed by atoms with van der Waals surface area (Å²) in [6.45, 7) is 9.39. The second kappa shape index (κ2) is 7.67. The highest BCUT2D eigenvalue weighted by Crippen LogP contribution is 2.11. The van der Waals surface area contributed by atoms with Crippen LogP contribution >= 0.6 is 0 Å². The summed E-state index contributed by atoms with van der Waals surface area (Å²) in [7, 11) is 1.65. The lowest BCUT2D eigenvalue weighted by Gasteiger charge is -2.34. The first-order valence-electron chi connectivity index (χ1n) is 6.70. The van der Waals surface area contributed by atoms with Gasteiger partial charge >= 0.3 is 6.09 Å². The van der Waals surface area contributed by atoms with E-state index in [1.54, 1.807) is 12.0 Å². The van der Waals surface area contributed by atoms with Crippen LogP contribution in [0.15, 0.2) is 0 Å². The van der Waals surface area contributed by atoms with Gasteiger partial charge in [-0.1, -0.05) is 0 Å². The van der Waals surface area contributed by atoms with Crippen LogP contribution in [0.5, 0.6) is 0 Å². The molecule has 1 fully saturated rings. The molecule has 0 spiro atoms. The molecule has 0 saturated carbocycles. The Labute approximate surface area is 115 Å². The first kappa shape index (κ1) is 16.2. The second-order valence-corrected chi connectivity index (χ2v) is 5.65. The Bertz CT molecular complexity index is 278. The molecule has 1 saturated heterocycles. The van der Waals surface area contributed by atoms with Crippen molar-refractivity contribution in [3.05, 3.63) is 0 Å². The molecule has 1 aliphatic heterocycles. The van der Waals surface area contributed by atoms with E-state index in [0.717, 1.165) is 6.54 Å². The summed E-state index contributed by atoms with van der Waals surface area (Å²) in [5.41, 5.74) is -0.452. The molecule has 0 aromatic heterocycles. The summed E-state index contributed by atoms with van der Waals surface area (Å²) in [5, 5.41) is 3.33. The number of carbonyl (C=O) groups excluding carboxylic acids is 1. The molecule has 1 rings (SSSR count). The summed E-state index contributed by atoms with van der Waals surface area (Å²) in [5.74, 6) is 0. The first-order valence-corrected chi connectivity index (χ1v) is 6.70. The van der Waals surface area contributed by atoms with E-state index in [1.165, 1.54) is 0 Å². The monoisotopic (exact) mass is 274 g/mol. The highest BCUT2D eigenvalue weighted by Gasteiger charge is 2.27. The minimum atomic E-state index is -0.452. The number of ether oxygens (including phenoxy) is 3. The van der Waals surface area contributed by atoms with E-state index in [2.05, 4.69) is 5.32 Å². The van der Waals surface area contributed by atoms with Gasteiger partial charge in [-0.15, -0.1) is 0 Å². The smallest absolute Gasteiger partial charge is 0.410 e. The average Bonchev–Trinajstić information content (AvgIpc) is 2.33. The van der Waals surface area contributed by atoms with Crippen LogP contribution in [0.2, 0.25) is 0 Å². The maximum absolute atomic E-state index is 12.0. The Balaban J connectivity index is 2.31. The van der Waals surface area contributed by atoms with Crippen molar-refractivity contribution in [2.45, 2.75) is 32.4 Å². The Kier molecular flexibility index (Phi) is 6.54. The quantitative estimate of drug-likeness (QED) is 0.753. The molecule has 1 amide bonds. The van der Waals surface area contributed by atoms with E-state index in [1.807, 2.05) is 20.8 Å². The van der Waals surface area contributed by atoms with Crippen LogP contribution in [0.1, 0.15) is 20.8 Å². The van der Waals surface area contributed by atoms with Crippen molar-refractivity contribution in [2.24, 2.45) is 0 Å². The number of nitrogens with zero attached hydrogens (tertiary/aromatic N) is 1. The number of nitrogens with one attached hydrogen (secondary N) is 1. The zero-order chi connectivity index (χ0) is 14.3. The third-order valence-electron chi connectivity index (χ3n) is 2.66. The molecule has 0 radical (unpaired) electrons. The summed E-state index contributed by atoms with van der Waals surface area (Å²) in [6, 6.07) is 0.151. The van der Waals surface area contributed by atoms with Gasteiger partial charge in [0.05, 0.1) is 19.8 Å². The summed E-state index contributed by atoms with van der Waals surface area (Å²) >= 11 is 0. The van der Waals surface area contributed by atoms with Gasteiger partial charge in [-0.05, 0) is 20.8 Å². The Hall–Kier alpha value is -0.850. The van der Waals surface area contributed by atoms with Gasteiger partial charge in [0.15, 0.2) is 0 Å². The molecule has 0 aromatic carbocycles. The second-order valence-electron chi connectivity index (χ2n) is 5.65. The lowest BCUT2D eigenvalue weighted by atomic mass is 10.2. The van der Waals surface area contributed by atoms with Gasteiger partial charge in [-0.3, -0.25) is 0 Å². The van der Waals surface area contributed by atoms with Crippen LogP contribution in [0, 0.1) is 0 Å². The number of methoxy groups -OCH3 is 1. The molecule has 0 aromatic rings. The van der Waals surface area contributed by atoms with Crippen LogP contribution in [0.25, 0.3) is 0 Å². The number of amides is 1. The molecule has 6 nitrogen and oxygen atoms in total. The Morgan fingerprint density at radius 3 is 2.74 bits per heavy atom. The molecule has 0 aliphatic carbocycles. The van der Waals surface area contributed by atoms with Crippen LogP contribution in [0.4, 0.5) is 4.79 Å². The largest absolute Gasteiger partial charge is 0.444 e. The molecule has 19 heavy (non-hydrogen) atoms. The Morgan fingerprint density at radius 2 is 2.11 bits per heavy atom. The van der Waals surface area contributed by atoms with Crippen LogP contribution in [0.3, 0.4) is 0 Å². The van der Waals surface area contributed by atoms with E-state index < -0.39 is 5.60 Å². The minimum Gasteiger partial charge on any atom is -0.444 e. The van der Waals surface area contributed by atoms with Crippen molar-refractivity contribution in [3.8, 4) is 0 Å². The van der Waals surface area contributed by atoms with Gasteiger partial charge in [0.1, 0.15) is 5.60 Å². The standard InChI is InChI=1S/C13H26N2O4/c1-13(2,3)19-12(16)15-6-5-14-11(9-15)10-18-8-7-17-4/h11,14H,5-10H2,1-4H3. The summed E-state index contributed by atoms with van der Waals surface area (Å²) in [6.07, 6.45) is -0.254. The number of hydrogen-bond donors (Lipinski definition) is 1. The fourth-order valence-electron chi connectivity index (χ4n) is 1.80. The van der Waals surface area contributed by atoms with E-state index >= 15 is 0 Å². The van der Waals surface area contributed by atoms with Crippen molar-refractivity contribution in [1.29, 1.82) is 0 Å². The van der Waals surface area contributed by atoms with E-state index in [0.29, 0.717) is 32.9 Å². The van der Waals surface area contributed by atoms with Gasteiger partial charge in [-0.2, -0.15) is 0 Å². The van der Waals surface area contributed by atoms with E-state index in [9.17, 15) is 4.79 Å². The molecular weight excluding hydrogens is 248 g/mol. The molecule has 1 aliphatic rings. The average molecular weight is 274 g/mol. The number of hydrogen-bond acceptors (Lipinski definition) is 5. The zero-order valence-corrected chi connectivity index (χ0v) is 12.4. The summed E-state index contributed by atoms with van der Waals surface area (Å²) < 4.78 is 15.8. The maximum Gasteiger partial charge on any atom is 0.410 e. The zero-order valence-electron chi connectivity index (χ0n) is 12.4. The van der Waals surface area contributed by atoms with Gasteiger partial charge in [-0.25, -0.2) is 4.79 Å². The van der Waals surface area contributed by atoms with Gasteiger partial charge in [0.2, 0.25) is 0 Å². The number of rotatable bonds is 5. The molecule has 1 unspecified atom stereocenters. The van der Waals surface area contributed by atoms with Crippen LogP contribution < -0.4 is 5.32 Å². The molecule has 1 N–H and O–H groups in total. The minimum absolute atomic E-state index is 0.151. The highest BCUT2D eigenvalue weighted by atomic mass is 16.6. The molecule has 112 valence electrons. The van der Waals surface area contributed by atoms with Gasteiger partial charge < -0.3 is 24.4 Å². The first-order chi connectivity index (χ1) is 8.92. The molecule has 6 heteroatoms. The topological polar surface area (TPSA) is 60.0 Å². The Morgan fingerprint density at radius 1 is 1.37 bits per heavy atom. The molecular formula is C13H26N2O4. The van der Waals surface area contributed by atoms with E-state index in [4.69, 9.17) is 14.2 Å². The lowest BCUT2D eigenvalue weighted by molar-refractivity contribution is 0.0103. The van der Waals surface area contributed by atoms with Crippen LogP contribution in [-0.2, 0) is 14.2 Å². The summed E-state index contributed by atoms with van der Waals surface area (Å²) in [4.78, 5) is 13.7. The lowest BCUT2D eigenvalue weighted by Crippen LogP contribution is -2.55. The van der Waals surface area contributed by atoms with Crippen molar-refractivity contribution >= 4 is 6.09 Å². The fraction of sp³-hybridized carbons (Fsp3) is 0.923.